The van der Waals surface area contributed by atoms with Gasteiger partial charge in [-0.25, -0.2) is 13.2 Å². The maximum atomic E-state index is 13.7. The van der Waals surface area contributed by atoms with Crippen molar-refractivity contribution < 1.29 is 18.3 Å². The summed E-state index contributed by atoms with van der Waals surface area (Å²) in [6.07, 6.45) is 0. The van der Waals surface area contributed by atoms with E-state index in [-0.39, 0.29) is 12.2 Å². The zero-order valence-corrected chi connectivity index (χ0v) is 9.80. The number of rotatable bonds is 3. The second kappa shape index (κ2) is 5.69. The van der Waals surface area contributed by atoms with E-state index in [2.05, 4.69) is 5.32 Å². The lowest BCUT2D eigenvalue weighted by Gasteiger charge is -2.34. The highest BCUT2D eigenvalue weighted by molar-refractivity contribution is 5.24. The molecule has 0 amide bonds. The van der Waals surface area contributed by atoms with Gasteiger partial charge in [0, 0.05) is 37.8 Å². The Kier molecular flexibility index (Phi) is 4.21. The number of halogens is 3. The number of hydrogen-bond donors (Lipinski definition) is 2. The minimum atomic E-state index is -1.22. The number of nitrogens with zero attached hydrogens (tertiary/aromatic N) is 1. The van der Waals surface area contributed by atoms with Crippen LogP contribution in [0, 0.1) is 17.5 Å². The number of nitrogens with one attached hydrogen (secondary N) is 1. The highest BCUT2D eigenvalue weighted by atomic mass is 19.2. The van der Waals surface area contributed by atoms with Crippen LogP contribution in [-0.2, 0) is 0 Å². The molecular weight excluding hydrogens is 245 g/mol. The summed E-state index contributed by atoms with van der Waals surface area (Å²) in [4.78, 5) is 1.81. The fraction of sp³-hybridized carbons (Fsp3) is 0.500. The summed E-state index contributed by atoms with van der Waals surface area (Å²) in [5.41, 5.74) is -0.128. The van der Waals surface area contributed by atoms with Crippen LogP contribution in [0.5, 0.6) is 0 Å². The van der Waals surface area contributed by atoms with Crippen molar-refractivity contribution in [2.75, 3.05) is 32.8 Å². The fourth-order valence-corrected chi connectivity index (χ4v) is 2.22. The molecule has 0 spiro atoms. The van der Waals surface area contributed by atoms with Gasteiger partial charge in [0.05, 0.1) is 12.6 Å². The van der Waals surface area contributed by atoms with Gasteiger partial charge in [-0.2, -0.15) is 0 Å². The van der Waals surface area contributed by atoms with E-state index in [1.54, 1.807) is 0 Å². The Morgan fingerprint density at radius 1 is 1.22 bits per heavy atom. The Bertz CT molecular complexity index is 422. The highest BCUT2D eigenvalue weighted by Gasteiger charge is 2.26. The Balaban J connectivity index is 2.31. The van der Waals surface area contributed by atoms with Crippen molar-refractivity contribution in [2.24, 2.45) is 0 Å². The zero-order chi connectivity index (χ0) is 13.1. The lowest BCUT2D eigenvalue weighted by atomic mass is 10.0. The van der Waals surface area contributed by atoms with Gasteiger partial charge in [-0.05, 0) is 6.07 Å². The Morgan fingerprint density at radius 2 is 1.89 bits per heavy atom. The highest BCUT2D eigenvalue weighted by Crippen LogP contribution is 2.25. The first-order valence-electron chi connectivity index (χ1n) is 5.83. The first kappa shape index (κ1) is 13.3. The maximum Gasteiger partial charge on any atom is 0.163 e. The van der Waals surface area contributed by atoms with Gasteiger partial charge in [0.25, 0.3) is 0 Å². The van der Waals surface area contributed by atoms with Gasteiger partial charge in [-0.3, -0.25) is 4.90 Å². The van der Waals surface area contributed by atoms with E-state index in [1.165, 1.54) is 0 Å². The molecule has 1 saturated heterocycles. The van der Waals surface area contributed by atoms with Gasteiger partial charge in [-0.1, -0.05) is 0 Å². The molecule has 1 aliphatic rings. The molecule has 18 heavy (non-hydrogen) atoms. The SMILES string of the molecule is OC[C@@H](c1cc(F)cc(F)c1F)N1CCNCC1. The molecule has 6 heteroatoms. The van der Waals surface area contributed by atoms with Crippen molar-refractivity contribution in [1.29, 1.82) is 0 Å². The van der Waals surface area contributed by atoms with E-state index in [0.717, 1.165) is 6.07 Å². The molecule has 1 aromatic rings. The lowest BCUT2D eigenvalue weighted by molar-refractivity contribution is 0.107. The van der Waals surface area contributed by atoms with Gasteiger partial charge in [-0.15, -0.1) is 0 Å². The Labute approximate surface area is 103 Å². The minimum absolute atomic E-state index is 0.128. The molecule has 1 heterocycles. The molecule has 0 aliphatic carbocycles. The van der Waals surface area contributed by atoms with Gasteiger partial charge in [0.2, 0.25) is 0 Å². The summed E-state index contributed by atoms with van der Waals surface area (Å²) in [6, 6.07) is 0.740. The summed E-state index contributed by atoms with van der Waals surface area (Å²) < 4.78 is 40.0. The second-order valence-corrected chi connectivity index (χ2v) is 4.28. The quantitative estimate of drug-likeness (QED) is 0.797. The first-order chi connectivity index (χ1) is 8.63. The Hall–Kier alpha value is -1.11. The fourth-order valence-electron chi connectivity index (χ4n) is 2.22. The average molecular weight is 260 g/mol. The summed E-state index contributed by atoms with van der Waals surface area (Å²) in [5.74, 6) is -3.15. The van der Waals surface area contributed by atoms with E-state index in [0.29, 0.717) is 32.2 Å². The molecule has 1 atom stereocenters. The van der Waals surface area contributed by atoms with Crippen molar-refractivity contribution in [1.82, 2.24) is 10.2 Å². The number of hydrogen-bond acceptors (Lipinski definition) is 3. The zero-order valence-electron chi connectivity index (χ0n) is 9.80. The smallest absolute Gasteiger partial charge is 0.163 e. The molecule has 1 fully saturated rings. The molecule has 3 nitrogen and oxygen atoms in total. The van der Waals surface area contributed by atoms with E-state index in [4.69, 9.17) is 0 Å². The van der Waals surface area contributed by atoms with Crippen LogP contribution in [0.25, 0.3) is 0 Å². The van der Waals surface area contributed by atoms with Crippen LogP contribution >= 0.6 is 0 Å². The third-order valence-corrected chi connectivity index (χ3v) is 3.15. The largest absolute Gasteiger partial charge is 0.394 e. The molecule has 1 aliphatic heterocycles. The van der Waals surface area contributed by atoms with E-state index >= 15 is 0 Å². The summed E-state index contributed by atoms with van der Waals surface area (Å²) in [6.45, 7) is 2.23. The molecule has 1 aromatic carbocycles. The molecule has 2 N–H and O–H groups in total. The number of aliphatic hydroxyl groups is 1. The average Bonchev–Trinajstić information content (AvgIpc) is 2.37. The van der Waals surface area contributed by atoms with Crippen LogP contribution < -0.4 is 5.32 Å². The van der Waals surface area contributed by atoms with Crippen LogP contribution in [0.4, 0.5) is 13.2 Å². The number of benzene rings is 1. The maximum absolute atomic E-state index is 13.7. The third kappa shape index (κ3) is 2.66. The standard InChI is InChI=1S/C12H15F3N2O/c13-8-5-9(12(15)10(14)6-8)11(7-18)17-3-1-16-2-4-17/h5-6,11,16,18H,1-4,7H2/t11-/m0/s1. The first-order valence-corrected chi connectivity index (χ1v) is 5.83. The van der Waals surface area contributed by atoms with E-state index in [9.17, 15) is 18.3 Å². The lowest BCUT2D eigenvalue weighted by Crippen LogP contribution is -2.46. The molecule has 0 aromatic heterocycles. The topological polar surface area (TPSA) is 35.5 Å². The van der Waals surface area contributed by atoms with Crippen molar-refractivity contribution in [3.05, 3.63) is 35.1 Å². The number of piperazine rings is 1. The molecule has 0 radical (unpaired) electrons. The monoisotopic (exact) mass is 260 g/mol. The van der Waals surface area contributed by atoms with Crippen LogP contribution in [0.2, 0.25) is 0 Å². The van der Waals surface area contributed by atoms with Crippen molar-refractivity contribution in [3.8, 4) is 0 Å². The van der Waals surface area contributed by atoms with Crippen LogP contribution in [0.3, 0.4) is 0 Å². The van der Waals surface area contributed by atoms with E-state index in [1.807, 2.05) is 4.90 Å². The third-order valence-electron chi connectivity index (χ3n) is 3.15. The van der Waals surface area contributed by atoms with Crippen molar-refractivity contribution in [3.63, 3.8) is 0 Å². The molecule has 0 bridgehead atoms. The predicted molar refractivity (Wildman–Crippen MR) is 60.6 cm³/mol. The van der Waals surface area contributed by atoms with Gasteiger partial charge < -0.3 is 10.4 Å². The van der Waals surface area contributed by atoms with E-state index < -0.39 is 23.5 Å². The predicted octanol–water partition coefficient (Wildman–Crippen LogP) is 1.04. The molecule has 0 saturated carbocycles. The molecule has 100 valence electrons. The van der Waals surface area contributed by atoms with Crippen molar-refractivity contribution in [2.45, 2.75) is 6.04 Å². The summed E-state index contributed by atoms with van der Waals surface area (Å²) in [5, 5.41) is 12.5. The molecule has 2 rings (SSSR count). The van der Waals surface area contributed by atoms with Gasteiger partial charge >= 0.3 is 0 Å². The van der Waals surface area contributed by atoms with Crippen LogP contribution in [0.15, 0.2) is 12.1 Å². The number of aliphatic hydroxyl groups excluding tert-OH is 1. The molecule has 0 unspecified atom stereocenters. The van der Waals surface area contributed by atoms with Gasteiger partial charge in [0.1, 0.15) is 5.82 Å². The summed E-state index contributed by atoms with van der Waals surface area (Å²) >= 11 is 0. The Morgan fingerprint density at radius 3 is 2.50 bits per heavy atom. The summed E-state index contributed by atoms with van der Waals surface area (Å²) in [7, 11) is 0. The molecular formula is C12H15F3N2O. The van der Waals surface area contributed by atoms with Crippen LogP contribution in [-0.4, -0.2) is 42.8 Å². The van der Waals surface area contributed by atoms with Crippen LogP contribution in [0.1, 0.15) is 11.6 Å². The minimum Gasteiger partial charge on any atom is -0.394 e. The normalized spacial score (nSPS) is 18.9. The van der Waals surface area contributed by atoms with Gasteiger partial charge in [0.15, 0.2) is 11.6 Å². The second-order valence-electron chi connectivity index (χ2n) is 4.28. The van der Waals surface area contributed by atoms with Crippen molar-refractivity contribution >= 4 is 0 Å².